The van der Waals surface area contributed by atoms with Gasteiger partial charge in [0.05, 0.1) is 0 Å². The third-order valence-electron chi connectivity index (χ3n) is 21.8. The van der Waals surface area contributed by atoms with E-state index >= 15 is 0 Å². The van der Waals surface area contributed by atoms with Crippen LogP contribution in [-0.4, -0.2) is 4.70 Å². The Morgan fingerprint density at radius 2 is 0.520 bits per heavy atom. The quantitative estimate of drug-likeness (QED) is 0.0273. The molecule has 0 spiro atoms. The molecule has 0 atom stereocenters. The van der Waals surface area contributed by atoms with Gasteiger partial charge in [0.1, 0.15) is 5.57 Å². The van der Waals surface area contributed by atoms with Gasteiger partial charge in [-0.25, -0.2) is 4.70 Å². The van der Waals surface area contributed by atoms with Gasteiger partial charge >= 0.3 is 166 Å². The normalized spacial score (nSPS) is 12.2. The smallest absolute Gasteiger partial charge is 0.0654 e. The van der Waals surface area contributed by atoms with E-state index in [1.807, 2.05) is 14.4 Å². The molecule has 2 aromatic carbocycles. The number of hydrogen-bond donors (Lipinski definition) is 0. The van der Waals surface area contributed by atoms with Gasteiger partial charge in [-0.05, 0) is 67.5 Å². The fourth-order valence-corrected chi connectivity index (χ4v) is 16.3. The molecule has 0 fully saturated rings. The molecule has 0 saturated carbocycles. The summed E-state index contributed by atoms with van der Waals surface area (Å²) in [6, 6.07) is 17.9. The molecule has 3 heteroatoms. The molecule has 1 aliphatic heterocycles. The van der Waals surface area contributed by atoms with Crippen molar-refractivity contribution < 1.29 is 19.1 Å². The van der Waals surface area contributed by atoms with Crippen molar-refractivity contribution in [2.45, 2.75) is 508 Å². The van der Waals surface area contributed by atoms with Crippen LogP contribution >= 0.6 is 0 Å². The second-order valence-electron chi connectivity index (χ2n) is 31.7. The van der Waals surface area contributed by atoms with Crippen LogP contribution in [0, 0.1) is 11.8 Å². The predicted molar refractivity (Wildman–Crippen MR) is 448 cm³/mol. The molecule has 580 valence electrons. The first-order valence-electron chi connectivity index (χ1n) is 45.7. The van der Waals surface area contributed by atoms with E-state index in [1.54, 1.807) is 0 Å². The van der Waals surface area contributed by atoms with Crippen molar-refractivity contribution >= 4 is 11.4 Å². The third kappa shape index (κ3) is 58.8. The number of nitrogens with zero attached hydrogens (tertiary/aromatic N) is 2. The molecule has 0 aromatic heterocycles. The molecule has 0 radical (unpaired) electrons. The molecule has 1 aliphatic rings. The van der Waals surface area contributed by atoms with Gasteiger partial charge in [0, 0.05) is 23.6 Å². The Labute approximate surface area is 634 Å². The van der Waals surface area contributed by atoms with Gasteiger partial charge in [0.15, 0.2) is 0 Å². The Kier molecular flexibility index (Phi) is 71.4. The van der Waals surface area contributed by atoms with Crippen molar-refractivity contribution in [3.63, 3.8) is 0 Å². The predicted octanol–water partition coefficient (Wildman–Crippen LogP) is 34.9. The van der Waals surface area contributed by atoms with Crippen LogP contribution in [0.1, 0.15) is 506 Å². The van der Waals surface area contributed by atoms with Gasteiger partial charge in [-0.15, -0.1) is 0 Å². The molecule has 1 heterocycles. The van der Waals surface area contributed by atoms with E-state index in [9.17, 15) is 5.53 Å². The number of rotatable bonds is 75. The van der Waals surface area contributed by atoms with Gasteiger partial charge in [-0.3, -0.25) is 0 Å². The van der Waals surface area contributed by atoms with Crippen LogP contribution in [0.25, 0.3) is 16.9 Å². The molecule has 0 aliphatic carbocycles. The molecule has 3 rings (SSSR count). The Morgan fingerprint density at radius 3 is 0.810 bits per heavy atom. The molecule has 100 heavy (non-hydrogen) atoms. The molecule has 0 amide bonds. The van der Waals surface area contributed by atoms with Gasteiger partial charge in [-0.1, -0.05) is 353 Å². The van der Waals surface area contributed by atoms with E-state index in [0.717, 1.165) is 53.8 Å². The minimum atomic E-state index is 0.842. The fraction of sp³-hybridized carbons (Fsp3) is 0.814. The molecule has 2 nitrogen and oxygen atoms in total. The van der Waals surface area contributed by atoms with E-state index in [-0.39, 0.29) is 0 Å². The van der Waals surface area contributed by atoms with Crippen molar-refractivity contribution in [1.29, 1.82) is 0 Å². The monoisotopic (exact) mass is 1420 g/mol. The maximum absolute atomic E-state index is 12.0. The Hall–Kier alpha value is -2.43. The van der Waals surface area contributed by atoms with E-state index in [4.69, 9.17) is 0 Å². The minimum Gasteiger partial charge on any atom is -0.0654 e. The minimum absolute atomic E-state index is 0.842. The van der Waals surface area contributed by atoms with Crippen molar-refractivity contribution in [2.24, 2.45) is 0 Å². The van der Waals surface area contributed by atoms with Crippen molar-refractivity contribution in [3.05, 3.63) is 88.0 Å². The van der Waals surface area contributed by atoms with Crippen LogP contribution in [0.15, 0.2) is 60.2 Å². The van der Waals surface area contributed by atoms with E-state index < -0.39 is 0 Å². The first-order valence-corrected chi connectivity index (χ1v) is 47.1. The van der Waals surface area contributed by atoms with Crippen molar-refractivity contribution in [1.82, 2.24) is 0 Å². The zero-order valence-corrected chi connectivity index (χ0v) is 69.2. The number of aryl methyl sites for hydroxylation is 2. The Bertz CT molecular complexity index is 2140. The summed E-state index contributed by atoms with van der Waals surface area (Å²) in [6.45, 7) is 11.5. The van der Waals surface area contributed by atoms with Crippen LogP contribution in [0.3, 0.4) is 0 Å². The molecular weight excluding hydrogens is 1250 g/mol. The van der Waals surface area contributed by atoms with E-state index in [0.29, 0.717) is 0 Å². The number of unbranched alkanes of at least 4 members (excludes halogenated alkanes) is 65. The Morgan fingerprint density at radius 1 is 0.280 bits per heavy atom. The summed E-state index contributed by atoms with van der Waals surface area (Å²) in [5.41, 5.74) is 19.5. The maximum atomic E-state index is 12.0. The Balaban J connectivity index is 0.000000917. The first-order chi connectivity index (χ1) is 49.6. The van der Waals surface area contributed by atoms with Crippen LogP contribution in [0.4, 0.5) is 0 Å². The summed E-state index contributed by atoms with van der Waals surface area (Å²) in [7, 11) is 0. The number of hydrogen-bond acceptors (Lipinski definition) is 0. The summed E-state index contributed by atoms with van der Waals surface area (Å²) < 4.78 is 1.45. The average molecular weight is 1430 g/mol. The average Bonchev–Trinajstić information content (AvgIpc) is 1.63. The molecule has 0 bridgehead atoms. The molecule has 2 aromatic rings. The molecule has 0 saturated heterocycles. The third-order valence-corrected chi connectivity index (χ3v) is 23.2. The second kappa shape index (κ2) is 76.2. The van der Waals surface area contributed by atoms with Gasteiger partial charge < -0.3 is 5.53 Å². The SMILES string of the molecule is CCCCCCCCCCCCCCCCCC#CC1=C(c2cccc(CCCCCCCCCCCCCCCC)c2)[N+](=[N-])C(c2cccc(CCCCCCCCCCCCCCCC)c2)=C1.CCCCCCCCCCCCCC[CH2][Ni][CH2]CCCCCCCCCCCCCC. The van der Waals surface area contributed by atoms with Crippen LogP contribution in [-0.2, 0) is 27.3 Å². The summed E-state index contributed by atoms with van der Waals surface area (Å²) >= 11 is 2.04. The standard InChI is InChI=1S/C67H110N2.2C15H31.Ni/c1-4-7-10-13-16-19-22-25-28-29-30-33-36-39-42-45-48-55-65-60-66(63-56-49-53-61(58-63)51-46-43-40-37-34-31-26-23-20-17-14-11-8-5-2)69(68)67(65)64-57-50-54-62(59-64)52-47-44-41-38-35-32-27-24-21-18-15-12-9-6-3;2*1-3-5-7-9-11-13-15-14-12-10-8-6-4-2;/h49-50,53-54,56-60H,4-47,51-52H2,1-3H3;2*1,3-15H2,2H3;. The van der Waals surface area contributed by atoms with Crippen molar-refractivity contribution in [3.8, 4) is 11.8 Å². The summed E-state index contributed by atoms with van der Waals surface area (Å²) in [5, 5.41) is 2.87. The fourth-order valence-electron chi connectivity index (χ4n) is 15.1. The first kappa shape index (κ1) is 93.7. The number of benzene rings is 2. The zero-order valence-electron chi connectivity index (χ0n) is 68.2. The van der Waals surface area contributed by atoms with Crippen LogP contribution in [0.2, 0.25) is 10.8 Å². The molecular formula is C97H172N2Ni. The number of allylic oxidation sites excluding steroid dienone is 2. The van der Waals surface area contributed by atoms with E-state index in [2.05, 4.69) is 101 Å². The van der Waals surface area contributed by atoms with Crippen LogP contribution in [0.5, 0.6) is 0 Å². The molecule has 0 unspecified atom stereocenters. The van der Waals surface area contributed by atoms with Gasteiger partial charge in [-0.2, -0.15) is 0 Å². The summed E-state index contributed by atoms with van der Waals surface area (Å²) in [6.07, 6.45) is 103. The summed E-state index contributed by atoms with van der Waals surface area (Å²) in [4.78, 5) is 0. The van der Waals surface area contributed by atoms with Gasteiger partial charge in [0.2, 0.25) is 11.4 Å². The zero-order chi connectivity index (χ0) is 71.4. The summed E-state index contributed by atoms with van der Waals surface area (Å²) in [5.74, 6) is 7.13. The topological polar surface area (TPSA) is 25.3 Å². The van der Waals surface area contributed by atoms with Crippen LogP contribution < -0.4 is 0 Å². The second-order valence-corrected chi connectivity index (χ2v) is 33.1. The van der Waals surface area contributed by atoms with Crippen molar-refractivity contribution in [2.75, 3.05) is 0 Å². The van der Waals surface area contributed by atoms with E-state index in [1.165, 1.54) is 463 Å². The van der Waals surface area contributed by atoms with Gasteiger partial charge in [0.25, 0.3) is 0 Å². The molecule has 0 N–H and O–H groups in total.